The molecule has 16 heavy (non-hydrogen) atoms. The standard InChI is InChI=1S/C11H14O5/c12-9(13)6-8-10(14)16-11(15-8)7-4-2-1-3-5-7/h8H,1-6H2,(H,12,13). The van der Waals surface area contributed by atoms with Crippen LogP contribution in [0.1, 0.15) is 38.5 Å². The summed E-state index contributed by atoms with van der Waals surface area (Å²) in [5.74, 6) is -1.39. The third kappa shape index (κ3) is 2.35. The van der Waals surface area contributed by atoms with Gasteiger partial charge in [-0.05, 0) is 25.7 Å². The van der Waals surface area contributed by atoms with Crippen molar-refractivity contribution in [1.29, 1.82) is 0 Å². The molecule has 1 heterocycles. The zero-order valence-corrected chi connectivity index (χ0v) is 8.90. The lowest BCUT2D eigenvalue weighted by Crippen LogP contribution is -2.19. The van der Waals surface area contributed by atoms with Crippen LogP contribution in [0.15, 0.2) is 11.5 Å². The molecular formula is C11H14O5. The summed E-state index contributed by atoms with van der Waals surface area (Å²) in [5, 5.41) is 8.58. The maximum Gasteiger partial charge on any atom is 0.355 e. The summed E-state index contributed by atoms with van der Waals surface area (Å²) in [5.41, 5.74) is 1.01. The van der Waals surface area contributed by atoms with E-state index in [0.29, 0.717) is 0 Å². The Bertz CT molecular complexity index is 336. The number of carbonyl (C=O) groups excluding carboxylic acids is 1. The second kappa shape index (κ2) is 4.55. The fourth-order valence-electron chi connectivity index (χ4n) is 1.98. The average Bonchev–Trinajstić information content (AvgIpc) is 2.61. The van der Waals surface area contributed by atoms with Crippen LogP contribution in [0.3, 0.4) is 0 Å². The maximum atomic E-state index is 11.3. The van der Waals surface area contributed by atoms with Gasteiger partial charge in [0, 0.05) is 5.57 Å². The molecule has 1 atom stereocenters. The number of esters is 1. The van der Waals surface area contributed by atoms with E-state index in [1.807, 2.05) is 0 Å². The maximum absolute atomic E-state index is 11.3. The van der Waals surface area contributed by atoms with Crippen molar-refractivity contribution in [2.45, 2.75) is 44.6 Å². The molecular weight excluding hydrogens is 212 g/mol. The van der Waals surface area contributed by atoms with Gasteiger partial charge in [0.15, 0.2) is 0 Å². The van der Waals surface area contributed by atoms with Gasteiger partial charge >= 0.3 is 11.9 Å². The molecule has 1 saturated carbocycles. The monoisotopic (exact) mass is 226 g/mol. The Morgan fingerprint density at radius 1 is 1.31 bits per heavy atom. The quantitative estimate of drug-likeness (QED) is 0.723. The van der Waals surface area contributed by atoms with Gasteiger partial charge in [0.1, 0.15) is 0 Å². The molecule has 1 aliphatic heterocycles. The van der Waals surface area contributed by atoms with E-state index < -0.39 is 18.0 Å². The fourth-order valence-corrected chi connectivity index (χ4v) is 1.98. The molecule has 1 aliphatic carbocycles. The van der Waals surface area contributed by atoms with Crippen LogP contribution < -0.4 is 0 Å². The van der Waals surface area contributed by atoms with E-state index in [-0.39, 0.29) is 12.4 Å². The lowest BCUT2D eigenvalue weighted by atomic mass is 9.96. The lowest BCUT2D eigenvalue weighted by molar-refractivity contribution is -0.145. The summed E-state index contributed by atoms with van der Waals surface area (Å²) < 4.78 is 10.2. The van der Waals surface area contributed by atoms with E-state index >= 15 is 0 Å². The van der Waals surface area contributed by atoms with Crippen molar-refractivity contribution in [2.75, 3.05) is 0 Å². The summed E-state index contributed by atoms with van der Waals surface area (Å²) >= 11 is 0. The SMILES string of the molecule is O=C(O)CC1OC(=C2CCCCC2)OC1=O. The van der Waals surface area contributed by atoms with Crippen molar-refractivity contribution in [3.05, 3.63) is 11.5 Å². The molecule has 2 rings (SSSR count). The van der Waals surface area contributed by atoms with Gasteiger partial charge in [0.05, 0.1) is 6.42 Å². The van der Waals surface area contributed by atoms with E-state index in [9.17, 15) is 9.59 Å². The lowest BCUT2D eigenvalue weighted by Gasteiger charge is -2.14. The Labute approximate surface area is 93.0 Å². The average molecular weight is 226 g/mol. The van der Waals surface area contributed by atoms with Gasteiger partial charge in [-0.25, -0.2) is 4.79 Å². The van der Waals surface area contributed by atoms with Gasteiger partial charge in [-0.1, -0.05) is 6.42 Å². The van der Waals surface area contributed by atoms with Crippen LogP contribution in [0.25, 0.3) is 0 Å². The third-order valence-corrected chi connectivity index (χ3v) is 2.81. The number of cyclic esters (lactones) is 1. The van der Waals surface area contributed by atoms with E-state index in [2.05, 4.69) is 0 Å². The van der Waals surface area contributed by atoms with Gasteiger partial charge in [-0.2, -0.15) is 0 Å². The first-order chi connectivity index (χ1) is 7.66. The summed E-state index contributed by atoms with van der Waals surface area (Å²) in [6, 6.07) is 0. The highest BCUT2D eigenvalue weighted by Gasteiger charge is 2.36. The van der Waals surface area contributed by atoms with Crippen molar-refractivity contribution in [1.82, 2.24) is 0 Å². The van der Waals surface area contributed by atoms with Crippen molar-refractivity contribution < 1.29 is 24.2 Å². The molecule has 2 aliphatic rings. The minimum Gasteiger partial charge on any atom is -0.481 e. The fraction of sp³-hybridized carbons (Fsp3) is 0.636. The largest absolute Gasteiger partial charge is 0.481 e. The summed E-state index contributed by atoms with van der Waals surface area (Å²) in [4.78, 5) is 21.8. The molecule has 0 bridgehead atoms. The zero-order valence-electron chi connectivity index (χ0n) is 8.90. The minimum atomic E-state index is -1.06. The summed E-state index contributed by atoms with van der Waals surface area (Å²) in [6.45, 7) is 0. The molecule has 0 amide bonds. The number of hydrogen-bond acceptors (Lipinski definition) is 4. The number of ether oxygens (including phenoxy) is 2. The number of carboxylic acid groups (broad SMARTS) is 1. The highest BCUT2D eigenvalue weighted by molar-refractivity contribution is 5.83. The van der Waals surface area contributed by atoms with E-state index in [4.69, 9.17) is 14.6 Å². The number of hydrogen-bond donors (Lipinski definition) is 1. The number of carbonyl (C=O) groups is 2. The molecule has 5 heteroatoms. The Kier molecular flexibility index (Phi) is 3.12. The Hall–Kier alpha value is -1.52. The smallest absolute Gasteiger partial charge is 0.355 e. The van der Waals surface area contributed by atoms with Crippen molar-refractivity contribution in [2.24, 2.45) is 0 Å². The first-order valence-electron chi connectivity index (χ1n) is 5.49. The highest BCUT2D eigenvalue weighted by Crippen LogP contribution is 2.31. The predicted octanol–water partition coefficient (Wildman–Crippen LogP) is 1.58. The Morgan fingerprint density at radius 2 is 2.00 bits per heavy atom. The van der Waals surface area contributed by atoms with E-state index in [0.717, 1.165) is 31.3 Å². The number of allylic oxidation sites excluding steroid dienone is 1. The van der Waals surface area contributed by atoms with Gasteiger partial charge in [0.25, 0.3) is 5.95 Å². The molecule has 0 spiro atoms. The highest BCUT2D eigenvalue weighted by atomic mass is 16.7. The molecule has 0 aromatic rings. The van der Waals surface area contributed by atoms with Crippen LogP contribution in [-0.4, -0.2) is 23.1 Å². The topological polar surface area (TPSA) is 72.8 Å². The molecule has 1 unspecified atom stereocenters. The van der Waals surface area contributed by atoms with Crippen LogP contribution in [0.4, 0.5) is 0 Å². The van der Waals surface area contributed by atoms with Crippen LogP contribution in [0, 0.1) is 0 Å². The van der Waals surface area contributed by atoms with Crippen molar-refractivity contribution in [3.8, 4) is 0 Å². The van der Waals surface area contributed by atoms with Crippen LogP contribution in [0.5, 0.6) is 0 Å². The zero-order chi connectivity index (χ0) is 11.5. The van der Waals surface area contributed by atoms with Gasteiger partial charge in [-0.3, -0.25) is 4.79 Å². The molecule has 1 N–H and O–H groups in total. The second-order valence-electron chi connectivity index (χ2n) is 4.08. The van der Waals surface area contributed by atoms with Crippen LogP contribution in [-0.2, 0) is 19.1 Å². The van der Waals surface area contributed by atoms with E-state index in [1.165, 1.54) is 6.42 Å². The van der Waals surface area contributed by atoms with Gasteiger partial charge in [0.2, 0.25) is 6.10 Å². The summed E-state index contributed by atoms with van der Waals surface area (Å²) in [6.07, 6.45) is 3.78. The van der Waals surface area contributed by atoms with Gasteiger partial charge < -0.3 is 14.6 Å². The van der Waals surface area contributed by atoms with E-state index in [1.54, 1.807) is 0 Å². The van der Waals surface area contributed by atoms with Gasteiger partial charge in [-0.15, -0.1) is 0 Å². The molecule has 2 fully saturated rings. The molecule has 0 aromatic heterocycles. The molecule has 88 valence electrons. The number of aliphatic carboxylic acids is 1. The molecule has 5 nitrogen and oxygen atoms in total. The minimum absolute atomic E-state index is 0.260. The van der Waals surface area contributed by atoms with Crippen molar-refractivity contribution in [3.63, 3.8) is 0 Å². The third-order valence-electron chi connectivity index (χ3n) is 2.81. The van der Waals surface area contributed by atoms with Crippen molar-refractivity contribution >= 4 is 11.9 Å². The van der Waals surface area contributed by atoms with Crippen LogP contribution >= 0.6 is 0 Å². The normalized spacial score (nSPS) is 25.2. The Balaban J connectivity index is 2.04. The number of carboxylic acids is 1. The second-order valence-corrected chi connectivity index (χ2v) is 4.08. The van der Waals surface area contributed by atoms with Crippen LogP contribution in [0.2, 0.25) is 0 Å². The Morgan fingerprint density at radius 3 is 2.62 bits per heavy atom. The molecule has 1 saturated heterocycles. The molecule has 0 aromatic carbocycles. The first-order valence-corrected chi connectivity index (χ1v) is 5.49. The molecule has 0 radical (unpaired) electrons. The predicted molar refractivity (Wildman–Crippen MR) is 53.3 cm³/mol. The summed E-state index contributed by atoms with van der Waals surface area (Å²) in [7, 11) is 0. The number of rotatable bonds is 2. The first kappa shape index (κ1) is 11.0.